The number of aromatic amines is 3. The summed E-state index contributed by atoms with van der Waals surface area (Å²) in [4.78, 5) is 106. The van der Waals surface area contributed by atoms with Crippen molar-refractivity contribution in [2.75, 3.05) is 162 Å². The molecular formula is C81H87F3N24O6. The van der Waals surface area contributed by atoms with Gasteiger partial charge in [-0.1, -0.05) is 6.92 Å². The Labute approximate surface area is 654 Å². The summed E-state index contributed by atoms with van der Waals surface area (Å²) >= 11 is 0. The maximum Gasteiger partial charge on any atom is 0.263 e. The Hall–Kier alpha value is -12.8. The van der Waals surface area contributed by atoms with E-state index in [1.165, 1.54) is 37.2 Å². The molecule has 114 heavy (non-hydrogen) atoms. The van der Waals surface area contributed by atoms with Gasteiger partial charge in [0.05, 0.1) is 35.7 Å². The van der Waals surface area contributed by atoms with Crippen molar-refractivity contribution in [1.29, 1.82) is 0 Å². The lowest BCUT2D eigenvalue weighted by molar-refractivity contribution is 0.0641. The van der Waals surface area contributed by atoms with Gasteiger partial charge in [-0.25, -0.2) is 58.0 Å². The van der Waals surface area contributed by atoms with Crippen molar-refractivity contribution in [2.45, 2.75) is 47.0 Å². The van der Waals surface area contributed by atoms with Crippen LogP contribution in [0, 0.1) is 38.2 Å². The number of H-pyrrole nitrogens is 3. The van der Waals surface area contributed by atoms with Crippen molar-refractivity contribution >= 4 is 102 Å². The van der Waals surface area contributed by atoms with Crippen LogP contribution >= 0.6 is 0 Å². The predicted molar refractivity (Wildman–Crippen MR) is 429 cm³/mol. The lowest BCUT2D eigenvalue weighted by Gasteiger charge is -2.35. The summed E-state index contributed by atoms with van der Waals surface area (Å²) in [5.74, 6) is -0.156. The number of likely N-dealkylation sites (tertiary alicyclic amines) is 3. The summed E-state index contributed by atoms with van der Waals surface area (Å²) in [7, 11) is 2.12. The average molecular weight is 1550 g/mol. The first-order valence-corrected chi connectivity index (χ1v) is 38.4. The topological polar surface area (TPSA) is 316 Å². The van der Waals surface area contributed by atoms with Gasteiger partial charge < -0.3 is 89.6 Å². The molecule has 0 aliphatic carbocycles. The maximum atomic E-state index is 15.3. The number of fused-ring (bicyclic) bond motifs is 3. The highest BCUT2D eigenvalue weighted by Gasteiger charge is 2.34. The Morgan fingerprint density at radius 3 is 1.03 bits per heavy atom. The average Bonchev–Trinajstić information content (AvgIpc) is 0.826. The third-order valence-corrected chi connectivity index (χ3v) is 21.2. The number of piperazine rings is 3. The fourth-order valence-corrected chi connectivity index (χ4v) is 14.3. The summed E-state index contributed by atoms with van der Waals surface area (Å²) in [5.41, 5.74) is 8.05. The highest BCUT2D eigenvalue weighted by molar-refractivity contribution is 6.04. The normalized spacial score (nSPS) is 15.8. The number of amides is 3. The summed E-state index contributed by atoms with van der Waals surface area (Å²) in [6, 6.07) is 26.5. The Balaban J connectivity index is 0.000000129. The number of likely N-dealkylation sites (N-methyl/N-ethyl adjacent to an activating group) is 2. The van der Waals surface area contributed by atoms with Gasteiger partial charge in [0.1, 0.15) is 53.1 Å². The second-order valence-corrected chi connectivity index (χ2v) is 28.9. The number of nitrogens with one attached hydrogen (secondary N) is 7. The molecule has 0 spiro atoms. The van der Waals surface area contributed by atoms with Crippen LogP contribution in [-0.4, -0.2) is 233 Å². The number of hydrogen-bond acceptors (Lipinski definition) is 24. The monoisotopic (exact) mass is 1550 g/mol. The van der Waals surface area contributed by atoms with Gasteiger partial charge in [0.15, 0.2) is 52.2 Å². The van der Waals surface area contributed by atoms with Gasteiger partial charge in [0.25, 0.3) is 17.7 Å². The first-order valence-electron chi connectivity index (χ1n) is 38.4. The number of ether oxygens (including phenoxy) is 3. The Morgan fingerprint density at radius 1 is 0.404 bits per heavy atom. The molecule has 0 unspecified atom stereocenters. The molecule has 18 rings (SSSR count). The van der Waals surface area contributed by atoms with Crippen LogP contribution in [0.4, 0.5) is 65.1 Å². The maximum absolute atomic E-state index is 15.3. The van der Waals surface area contributed by atoms with Crippen LogP contribution in [0.15, 0.2) is 129 Å². The second kappa shape index (κ2) is 33.3. The van der Waals surface area contributed by atoms with Crippen molar-refractivity contribution < 1.29 is 41.8 Å². The van der Waals surface area contributed by atoms with E-state index in [2.05, 4.69) is 120 Å². The molecule has 0 bridgehead atoms. The van der Waals surface area contributed by atoms with Crippen LogP contribution in [0.25, 0.3) is 32.7 Å². The van der Waals surface area contributed by atoms with Crippen LogP contribution in [0.5, 0.6) is 34.9 Å². The molecule has 30 nitrogen and oxygen atoms in total. The van der Waals surface area contributed by atoms with Crippen LogP contribution in [-0.2, 0) is 0 Å². The van der Waals surface area contributed by atoms with E-state index in [9.17, 15) is 14.4 Å². The number of pyridine rings is 3. The molecule has 6 saturated heterocycles. The van der Waals surface area contributed by atoms with Gasteiger partial charge in [-0.15, -0.1) is 0 Å². The van der Waals surface area contributed by atoms with E-state index >= 15 is 13.2 Å². The summed E-state index contributed by atoms with van der Waals surface area (Å²) in [6.07, 6.45) is 12.1. The van der Waals surface area contributed by atoms with Crippen LogP contribution in [0.2, 0.25) is 0 Å². The van der Waals surface area contributed by atoms with Gasteiger partial charge >= 0.3 is 0 Å². The third kappa shape index (κ3) is 16.3. The molecule has 9 aromatic heterocycles. The van der Waals surface area contributed by atoms with E-state index in [-0.39, 0.29) is 86.8 Å². The number of nitrogens with zero attached hydrogens (tertiary/aromatic N) is 17. The zero-order valence-electron chi connectivity index (χ0n) is 63.9. The van der Waals surface area contributed by atoms with E-state index in [1.54, 1.807) is 57.3 Å². The molecule has 0 saturated carbocycles. The number of rotatable bonds is 19. The minimum atomic E-state index is -0.525. The molecular weight excluding hydrogens is 1460 g/mol. The van der Waals surface area contributed by atoms with E-state index < -0.39 is 17.5 Å². The van der Waals surface area contributed by atoms with Gasteiger partial charge in [0, 0.05) is 168 Å². The molecule has 6 aliphatic rings. The molecule has 6 aliphatic heterocycles. The third-order valence-electron chi connectivity index (χ3n) is 21.2. The first-order chi connectivity index (χ1) is 55.5. The largest absolute Gasteiger partial charge is 0.435 e. The fraction of sp³-hybridized carbons (Fsp3) is 0.333. The number of aryl methyl sites for hydroxylation is 3. The lowest BCUT2D eigenvalue weighted by atomic mass is 10.1. The molecule has 7 N–H and O–H groups in total. The summed E-state index contributed by atoms with van der Waals surface area (Å²) in [6.45, 7) is 24.2. The number of carbonyl (C=O) groups excluding carboxylic acids is 3. The van der Waals surface area contributed by atoms with Gasteiger partial charge in [-0.05, 0) is 145 Å². The molecule has 33 heteroatoms. The molecule has 6 fully saturated rings. The molecule has 3 aromatic carbocycles. The Bertz CT molecular complexity index is 5480. The van der Waals surface area contributed by atoms with E-state index in [4.69, 9.17) is 14.2 Å². The highest BCUT2D eigenvalue weighted by Crippen LogP contribution is 2.40. The van der Waals surface area contributed by atoms with Crippen LogP contribution in [0.3, 0.4) is 0 Å². The molecule has 12 aromatic rings. The SMILES string of the molecule is CCN1CCN(c2ccc(Nc3ncnc(Oc4ccc5[nH]c(C)cc5c4F)c3C(=O)N3CCC3)nc2)CC1.Cc1cc2c(F)c(Oc3ncnc(Nc4ccc(N5CCN(C)CC5)cn4)c3C(=O)N3CCC3)ccc2[nH]1.Cc1cc2c(F)c(Oc3ncnc(Nc4ccc(N5CCNCC5)cn4)c3C(=O)N3CCC3)ccc2[nH]1. The smallest absolute Gasteiger partial charge is 0.263 e. The Kier molecular flexibility index (Phi) is 22.0. The zero-order chi connectivity index (χ0) is 78.5. The van der Waals surface area contributed by atoms with Crippen molar-refractivity contribution in [3.8, 4) is 34.9 Å². The molecule has 0 radical (unpaired) electrons. The standard InChI is InChI=1S/C28H31FN8O2.C27H29FN8O2.C26H27FN8O2/c1-3-35-11-13-36(14-12-35)19-5-8-23(30-16-19)34-26-24(28(38)37-9-4-10-37)27(32-17-31-26)39-22-7-6-21-20(25(22)29)15-18(2)33-21;1-17-14-19-20(32-17)5-6-21(24(19)28)38-26-23(27(37)36-8-3-9-36)25(30-16-31-26)33-22-7-4-18(15-29-22)35-12-10-34(2)11-13-35;1-16-13-18-19(32-16)4-5-20(23(18)27)37-25-22(26(36)35-9-2-10-35)24(30-15-31-25)33-21-6-3-17(14-29-21)34-11-7-28-8-12-34/h5-8,15-17,33H,3-4,9-14H2,1-2H3,(H,30,31,32,34);4-7,14-16,32H,3,8-13H2,1-2H3,(H,29,30,31,33);3-6,13-15,28,32H,2,7-12H2,1H3,(H,29,30,31,33). The second-order valence-electron chi connectivity index (χ2n) is 28.9. The predicted octanol–water partition coefficient (Wildman–Crippen LogP) is 11.8. The highest BCUT2D eigenvalue weighted by atomic mass is 19.1. The molecule has 15 heterocycles. The minimum Gasteiger partial charge on any atom is -0.435 e. The number of aromatic nitrogens is 12. The number of benzene rings is 3. The van der Waals surface area contributed by atoms with Gasteiger partial charge in [-0.2, -0.15) is 0 Å². The minimum absolute atomic E-state index is 0.0136. The van der Waals surface area contributed by atoms with Gasteiger partial charge in [-0.3, -0.25) is 14.4 Å². The molecule has 588 valence electrons. The van der Waals surface area contributed by atoms with Crippen LogP contribution < -0.4 is 50.2 Å². The van der Waals surface area contributed by atoms with E-state index in [0.717, 1.165) is 138 Å². The fourth-order valence-electron chi connectivity index (χ4n) is 14.3. The quantitative estimate of drug-likeness (QED) is 0.0395. The summed E-state index contributed by atoms with van der Waals surface area (Å²) < 4.78 is 63.6. The van der Waals surface area contributed by atoms with Crippen molar-refractivity contribution in [3.05, 3.63) is 180 Å². The van der Waals surface area contributed by atoms with Crippen molar-refractivity contribution in [3.63, 3.8) is 0 Å². The number of hydrogen-bond donors (Lipinski definition) is 7. The molecule has 0 atom stereocenters. The van der Waals surface area contributed by atoms with Gasteiger partial charge in [0.2, 0.25) is 17.6 Å². The lowest BCUT2D eigenvalue weighted by Crippen LogP contribution is -2.46. The molecule has 3 amide bonds. The number of anilines is 9. The van der Waals surface area contributed by atoms with Crippen LogP contribution in [0.1, 0.15) is 74.3 Å². The summed E-state index contributed by atoms with van der Waals surface area (Å²) in [5, 5.41) is 14.0. The first kappa shape index (κ1) is 75.3. The van der Waals surface area contributed by atoms with E-state index in [1.807, 2.05) is 69.6 Å². The zero-order valence-corrected chi connectivity index (χ0v) is 63.9. The number of halogens is 3. The van der Waals surface area contributed by atoms with E-state index in [0.29, 0.717) is 89.4 Å². The van der Waals surface area contributed by atoms with Crippen molar-refractivity contribution in [2.24, 2.45) is 0 Å². The van der Waals surface area contributed by atoms with Crippen molar-refractivity contribution in [1.82, 2.24) is 89.6 Å². The Morgan fingerprint density at radius 2 is 0.728 bits per heavy atom. The number of carbonyl (C=O) groups is 3.